The average Bonchev–Trinajstić information content (AvgIpc) is 0.667. The van der Waals surface area contributed by atoms with Gasteiger partial charge in [0.1, 0.15) is 110 Å². The van der Waals surface area contributed by atoms with Gasteiger partial charge in [0.25, 0.3) is 5.91 Å². The average molecular weight is 1400 g/mol. The fourth-order valence-corrected chi connectivity index (χ4v) is 14.9. The Morgan fingerprint density at radius 1 is 0.636 bits per heavy atom. The highest BCUT2D eigenvalue weighted by Crippen LogP contribution is 2.65. The van der Waals surface area contributed by atoms with Gasteiger partial charge >= 0.3 is 29.8 Å². The maximum Gasteiger partial charge on any atom is 0.338 e. The van der Waals surface area contributed by atoms with E-state index in [1.165, 1.54) is 64.1 Å². The molecule has 2 bridgehead atoms. The Morgan fingerprint density at radius 2 is 1.16 bits per heavy atom. The summed E-state index contributed by atoms with van der Waals surface area (Å²) in [5.74, 6) is -9.53. The summed E-state index contributed by atoms with van der Waals surface area (Å²) >= 11 is 0. The van der Waals surface area contributed by atoms with Gasteiger partial charge in [0.15, 0.2) is 42.5 Å². The van der Waals surface area contributed by atoms with Crippen molar-refractivity contribution >= 4 is 41.5 Å². The van der Waals surface area contributed by atoms with Crippen molar-refractivity contribution in [1.29, 1.82) is 0 Å². The molecule has 3 aliphatic carbocycles. The molecule has 0 aromatic heterocycles. The van der Waals surface area contributed by atoms with Crippen LogP contribution in [0, 0.1) is 16.7 Å². The standard InChI is InChI=1S/C67H83NO31/c1-29-35(91-60(86)45(76)43(32-16-10-7-11-17-32)68-58(84)33-18-12-8-13-19-33)23-67(87)57(98-59(85)34-20-14-9-15-21-34)55-65(6,56(83)54(90-30(2)72)42(29)64(67,4)5)39(22-40-66(55,28-89-40)99-31(3)73)95-41(74)27-88-61-50(81)47(78)52(37(25-70)93-61)97-63-51(82)48(79)53(38(26-71)94-63)96-62-49(80)46(77)44(75)36(24-69)92-62/h7-21,35-40,43-55,57,61-63,69-71,75-82,87H,22-28H2,1-6H3,(H,68,84)/t35-,36+,37+,38+,39-,40+,43-,44+,45+,46-,47+,48+,49+,50+,51+,52+,53+,54+,55-,57-,61-,62+,63+,65+,66-,67+/m0/s1. The number of carbonyl (C=O) groups is 7. The van der Waals surface area contributed by atoms with Crippen LogP contribution in [0.3, 0.4) is 0 Å². The van der Waals surface area contributed by atoms with Crippen molar-refractivity contribution in [3.63, 3.8) is 0 Å². The molecule has 4 heterocycles. The van der Waals surface area contributed by atoms with Gasteiger partial charge in [0, 0.05) is 37.7 Å². The number of nitrogens with one attached hydrogen (secondary N) is 1. The van der Waals surface area contributed by atoms with Crippen LogP contribution in [0.4, 0.5) is 0 Å². The Balaban J connectivity index is 0.951. The van der Waals surface area contributed by atoms with Gasteiger partial charge in [-0.1, -0.05) is 80.6 Å². The molecule has 1 amide bonds. The smallest absolute Gasteiger partial charge is 0.338 e. The van der Waals surface area contributed by atoms with Crippen molar-refractivity contribution in [2.24, 2.45) is 16.7 Å². The number of aliphatic hydroxyl groups excluding tert-OH is 11. The Hall–Kier alpha value is -6.87. The van der Waals surface area contributed by atoms with Crippen molar-refractivity contribution in [1.82, 2.24) is 5.32 Å². The molecule has 6 fully saturated rings. The first kappa shape index (κ1) is 74.8. The molecule has 0 radical (unpaired) electrons. The second-order valence-electron chi connectivity index (χ2n) is 26.4. The molecule has 3 aromatic rings. The zero-order valence-corrected chi connectivity index (χ0v) is 54.5. The van der Waals surface area contributed by atoms with Crippen molar-refractivity contribution in [3.8, 4) is 0 Å². The third-order valence-electron chi connectivity index (χ3n) is 20.2. The lowest BCUT2D eigenvalue weighted by Gasteiger charge is -2.67. The van der Waals surface area contributed by atoms with Crippen LogP contribution < -0.4 is 5.32 Å². The number of fused-ring (bicyclic) bond motifs is 5. The van der Waals surface area contributed by atoms with Crippen LogP contribution in [0.5, 0.6) is 0 Å². The first-order valence-electron chi connectivity index (χ1n) is 32.1. The fourth-order valence-electron chi connectivity index (χ4n) is 14.9. The van der Waals surface area contributed by atoms with E-state index in [1.807, 2.05) is 0 Å². The van der Waals surface area contributed by atoms with Gasteiger partial charge in [-0.3, -0.25) is 19.2 Å². The van der Waals surface area contributed by atoms with Crippen LogP contribution >= 0.6 is 0 Å². The maximum absolute atomic E-state index is 16.5. The van der Waals surface area contributed by atoms with Crippen LogP contribution in [0.25, 0.3) is 0 Å². The Labute approximate surface area is 565 Å². The summed E-state index contributed by atoms with van der Waals surface area (Å²) in [6.07, 6.45) is -41.3. The molecule has 4 saturated heterocycles. The second-order valence-corrected chi connectivity index (χ2v) is 26.4. The van der Waals surface area contributed by atoms with E-state index in [-0.39, 0.29) is 27.8 Å². The van der Waals surface area contributed by atoms with E-state index in [9.17, 15) is 90.0 Å². The molecule has 10 rings (SSSR count). The monoisotopic (exact) mass is 1400 g/mol. The predicted molar refractivity (Wildman–Crippen MR) is 327 cm³/mol. The third kappa shape index (κ3) is 14.0. The zero-order chi connectivity index (χ0) is 72.0. The normalized spacial score (nSPS) is 38.4. The van der Waals surface area contributed by atoms with Crippen molar-refractivity contribution in [2.75, 3.05) is 33.0 Å². The van der Waals surface area contributed by atoms with Gasteiger partial charge in [0.05, 0.1) is 49.4 Å². The number of amides is 1. The molecule has 4 aliphatic heterocycles. The highest BCUT2D eigenvalue weighted by Gasteiger charge is 2.79. The molecule has 32 heteroatoms. The van der Waals surface area contributed by atoms with Crippen molar-refractivity contribution in [2.45, 2.75) is 200 Å². The van der Waals surface area contributed by atoms with Gasteiger partial charge in [-0.15, -0.1) is 0 Å². The summed E-state index contributed by atoms with van der Waals surface area (Å²) in [6, 6.07) is 21.8. The van der Waals surface area contributed by atoms with Crippen LogP contribution in [0.2, 0.25) is 0 Å². The molecule has 0 spiro atoms. The van der Waals surface area contributed by atoms with Crippen LogP contribution in [0.1, 0.15) is 86.7 Å². The molecular weight excluding hydrogens is 1310 g/mol. The van der Waals surface area contributed by atoms with Gasteiger partial charge < -0.3 is 123 Å². The van der Waals surface area contributed by atoms with Crippen LogP contribution in [-0.2, 0) is 80.8 Å². The minimum absolute atomic E-state index is 0.00768. The number of hydrogen-bond donors (Lipinski definition) is 13. The van der Waals surface area contributed by atoms with E-state index in [4.69, 9.17) is 56.8 Å². The van der Waals surface area contributed by atoms with E-state index in [0.29, 0.717) is 0 Å². The molecule has 2 saturated carbocycles. The molecule has 3 aromatic carbocycles. The first-order valence-corrected chi connectivity index (χ1v) is 32.1. The van der Waals surface area contributed by atoms with Crippen LogP contribution in [0.15, 0.2) is 102 Å². The number of ketones is 1. The maximum atomic E-state index is 16.5. The predicted octanol–water partition coefficient (Wildman–Crippen LogP) is -3.25. The molecule has 542 valence electrons. The summed E-state index contributed by atoms with van der Waals surface area (Å²) in [4.78, 5) is 102. The zero-order valence-electron chi connectivity index (χ0n) is 54.5. The minimum Gasteiger partial charge on any atom is -0.459 e. The number of esters is 5. The van der Waals surface area contributed by atoms with E-state index >= 15 is 4.79 Å². The summed E-state index contributed by atoms with van der Waals surface area (Å²) < 4.78 is 71.1. The third-order valence-corrected chi connectivity index (χ3v) is 20.2. The number of carbonyl (C=O) groups excluding carboxylic acids is 7. The summed E-state index contributed by atoms with van der Waals surface area (Å²) in [7, 11) is 0. The molecule has 32 nitrogen and oxygen atoms in total. The van der Waals surface area contributed by atoms with E-state index in [1.54, 1.807) is 54.6 Å². The van der Waals surface area contributed by atoms with Crippen molar-refractivity contribution < 1.29 is 152 Å². The first-order chi connectivity index (χ1) is 46.9. The summed E-state index contributed by atoms with van der Waals surface area (Å²) in [5, 5.41) is 136. The molecule has 26 atom stereocenters. The molecular formula is C67H83NO31. The Morgan fingerprint density at radius 3 is 1.70 bits per heavy atom. The number of Topliss-reactive ketones (excluding diaryl/α,β-unsaturated/α-hetero) is 1. The molecule has 7 aliphatic rings. The Kier molecular flexibility index (Phi) is 22.7. The van der Waals surface area contributed by atoms with E-state index in [2.05, 4.69) is 5.32 Å². The summed E-state index contributed by atoms with van der Waals surface area (Å²) in [6.45, 7) is 2.95. The quantitative estimate of drug-likeness (QED) is 0.0283. The fraction of sp³-hybridized carbons (Fsp3) is 0.597. The Bertz CT molecular complexity index is 3430. The van der Waals surface area contributed by atoms with E-state index < -0.39 is 250 Å². The topological polar surface area (TPSA) is 485 Å². The second kappa shape index (κ2) is 30.0. The summed E-state index contributed by atoms with van der Waals surface area (Å²) in [5.41, 5.74) is -8.99. The van der Waals surface area contributed by atoms with Gasteiger partial charge in [-0.25, -0.2) is 14.4 Å². The van der Waals surface area contributed by atoms with Gasteiger partial charge in [0.2, 0.25) is 0 Å². The van der Waals surface area contributed by atoms with Crippen LogP contribution in [-0.4, -0.2) is 276 Å². The van der Waals surface area contributed by atoms with Crippen molar-refractivity contribution in [3.05, 3.63) is 119 Å². The number of aliphatic hydroxyl groups is 12. The lowest BCUT2D eigenvalue weighted by molar-refractivity contribution is -0.379. The minimum atomic E-state index is -2.67. The molecule has 0 unspecified atom stereocenters. The number of hydrogen-bond acceptors (Lipinski definition) is 31. The number of ether oxygens (including phenoxy) is 12. The lowest BCUT2D eigenvalue weighted by atomic mass is 9.44. The number of benzene rings is 3. The highest BCUT2D eigenvalue weighted by atomic mass is 16.8. The lowest BCUT2D eigenvalue weighted by Crippen LogP contribution is -2.82. The highest BCUT2D eigenvalue weighted by molar-refractivity contribution is 5.96. The van der Waals surface area contributed by atoms with Gasteiger partial charge in [-0.2, -0.15) is 0 Å². The molecule has 99 heavy (non-hydrogen) atoms. The van der Waals surface area contributed by atoms with Gasteiger partial charge in [-0.05, 0) is 54.8 Å². The largest absolute Gasteiger partial charge is 0.459 e. The SMILES string of the molecule is CC(=O)O[C@H]1C(=O)[C@]2(C)[C@@H](OC(=O)CO[C@H]3O[C@H](CO)[C@@H](O[C@H]4O[C@H](CO)[C@@H](O[C@H]5O[C@H](CO)[C@@H](O)[C@H](O)[C@H]5O)[C@H](O)[C@H]4O)[C@H](O)[C@H]3O)C[C@H]3OC[C@@]3(OC(C)=O)[C@H]2[C@H](OC(=O)c2ccccc2)[C@]2(O)C[C@H](OC(=O)[C@H](O)[C@@H](NC(=O)c3ccccc3)c3ccccc3)C(C)=C1C2(C)C. The van der Waals surface area contributed by atoms with E-state index in [0.717, 1.165) is 13.8 Å². The number of rotatable bonds is 21. The molecule has 13 N–H and O–H groups in total.